The Kier molecular flexibility index (Phi) is 7.21. The number of hydrogen-bond donors (Lipinski definition) is 3. The molecule has 0 radical (unpaired) electrons. The van der Waals surface area contributed by atoms with Crippen molar-refractivity contribution in [1.29, 1.82) is 0 Å². The molecule has 4 N–H and O–H groups in total. The van der Waals surface area contributed by atoms with E-state index in [1.807, 2.05) is 0 Å². The van der Waals surface area contributed by atoms with E-state index >= 15 is 0 Å². The molecule has 2 aliphatic carbocycles. The first-order valence-corrected chi connectivity index (χ1v) is 12.4. The molecule has 3 aromatic rings. The Labute approximate surface area is 216 Å². The number of aldehydes is 1. The lowest BCUT2D eigenvalue weighted by Crippen LogP contribution is -2.24. The van der Waals surface area contributed by atoms with Crippen LogP contribution in [0.15, 0.2) is 22.8 Å². The first-order chi connectivity index (χ1) is 16.6. The minimum atomic E-state index is -0.940. The van der Waals surface area contributed by atoms with E-state index in [0.717, 1.165) is 30.5 Å². The lowest BCUT2D eigenvalue weighted by molar-refractivity contribution is 0.0288. The van der Waals surface area contributed by atoms with Crippen LogP contribution < -0.4 is 11.1 Å². The zero-order valence-electron chi connectivity index (χ0n) is 19.7. The lowest BCUT2D eigenvalue weighted by atomic mass is 9.90. The van der Waals surface area contributed by atoms with Crippen molar-refractivity contribution in [3.8, 4) is 0 Å². The second-order valence-corrected chi connectivity index (χ2v) is 10.4. The number of aryl methyl sites for hydroxylation is 2. The van der Waals surface area contributed by atoms with E-state index in [1.165, 1.54) is 16.9 Å². The molecule has 2 unspecified atom stereocenters. The summed E-state index contributed by atoms with van der Waals surface area (Å²) in [6.45, 7) is 0. The molecule has 2 aliphatic rings. The van der Waals surface area contributed by atoms with Crippen LogP contribution in [-0.2, 0) is 19.7 Å². The van der Waals surface area contributed by atoms with E-state index in [9.17, 15) is 14.3 Å². The van der Waals surface area contributed by atoms with Gasteiger partial charge in [0.2, 0.25) is 0 Å². The molecule has 0 aliphatic heterocycles. The number of nitrogens with zero attached hydrogens (tertiary/aromatic N) is 5. The van der Waals surface area contributed by atoms with E-state index < -0.39 is 5.60 Å². The Morgan fingerprint density at radius 1 is 1.26 bits per heavy atom. The van der Waals surface area contributed by atoms with Crippen LogP contribution in [0, 0.1) is 17.7 Å². The van der Waals surface area contributed by atoms with Gasteiger partial charge < -0.3 is 16.2 Å². The molecule has 0 spiro atoms. The average Bonchev–Trinajstić information content (AvgIpc) is 3.52. The molecule has 5 rings (SSSR count). The summed E-state index contributed by atoms with van der Waals surface area (Å²) in [4.78, 5) is 12.9. The van der Waals surface area contributed by atoms with Crippen LogP contribution in [0.1, 0.15) is 53.3 Å². The van der Waals surface area contributed by atoms with Crippen LogP contribution in [0.4, 0.5) is 15.9 Å². The van der Waals surface area contributed by atoms with Gasteiger partial charge in [-0.3, -0.25) is 9.48 Å². The number of carbonyl (C=O) groups excluding carboxylic acids is 1. The van der Waals surface area contributed by atoms with Gasteiger partial charge in [0, 0.05) is 32.7 Å². The monoisotopic (exact) mass is 567 g/mol. The first-order valence-electron chi connectivity index (χ1n) is 11.3. The number of nitrogen functional groups attached to an aromatic ring is 1. The number of benzene rings is 1. The molecule has 0 bridgehead atoms. The minimum Gasteiger partial charge on any atom is -0.388 e. The number of carbonyl (C=O) groups is 1. The summed E-state index contributed by atoms with van der Waals surface area (Å²) in [5.74, 6) is 1.01. The normalized spacial score (nSPS) is 25.2. The van der Waals surface area contributed by atoms with E-state index in [0.29, 0.717) is 46.4 Å². The van der Waals surface area contributed by atoms with Crippen molar-refractivity contribution in [2.75, 3.05) is 18.1 Å². The highest BCUT2D eigenvalue weighted by atomic mass is 79.9. The standard InChI is InChI=1S/C16H21BrN6O2.C7H7ClFN/c1-22-15(18)11(7-24)12(19-22)8-3-9-5-16(25,6-10(9)4-8)13-14(17)21-23(2)20-13;1-10-5-2-3-7(9)6(8)4-5/h7-10,25H,3-6,18H2,1-2H3;2-4,10H,1H3. The number of halogens is 3. The molecule has 0 amide bonds. The summed E-state index contributed by atoms with van der Waals surface area (Å²) < 4.78 is 14.7. The Morgan fingerprint density at radius 3 is 2.43 bits per heavy atom. The van der Waals surface area contributed by atoms with Gasteiger partial charge in [-0.25, -0.2) is 4.39 Å². The van der Waals surface area contributed by atoms with Crippen LogP contribution in [0.5, 0.6) is 0 Å². The molecular formula is C23H28BrClFN7O2. The van der Waals surface area contributed by atoms with E-state index in [-0.39, 0.29) is 16.8 Å². The van der Waals surface area contributed by atoms with Crippen LogP contribution in [0.2, 0.25) is 5.02 Å². The Morgan fingerprint density at radius 2 is 1.91 bits per heavy atom. The number of rotatable bonds is 4. The lowest BCUT2D eigenvalue weighted by Gasteiger charge is -2.22. The molecule has 2 heterocycles. The highest BCUT2D eigenvalue weighted by Gasteiger charge is 2.52. The van der Waals surface area contributed by atoms with Crippen LogP contribution in [0.3, 0.4) is 0 Å². The minimum absolute atomic E-state index is 0.145. The Balaban J connectivity index is 0.000000243. The maximum atomic E-state index is 12.5. The fourth-order valence-corrected chi connectivity index (χ4v) is 6.25. The van der Waals surface area contributed by atoms with Gasteiger partial charge in [0.25, 0.3) is 0 Å². The molecule has 12 heteroatoms. The van der Waals surface area contributed by atoms with Gasteiger partial charge in [-0.2, -0.15) is 15.0 Å². The zero-order valence-corrected chi connectivity index (χ0v) is 22.0. The van der Waals surface area contributed by atoms with Gasteiger partial charge in [-0.1, -0.05) is 11.6 Å². The molecule has 2 fully saturated rings. The molecule has 0 saturated heterocycles. The number of aromatic nitrogens is 5. The number of hydrogen-bond acceptors (Lipinski definition) is 7. The Hall–Kier alpha value is -2.50. The van der Waals surface area contributed by atoms with Crippen LogP contribution in [-0.4, -0.2) is 43.2 Å². The topological polar surface area (TPSA) is 124 Å². The van der Waals surface area contributed by atoms with E-state index in [1.54, 1.807) is 31.9 Å². The van der Waals surface area contributed by atoms with Gasteiger partial charge in [-0.15, -0.1) is 5.10 Å². The molecule has 188 valence electrons. The third kappa shape index (κ3) is 4.94. The first kappa shape index (κ1) is 25.6. The van der Waals surface area contributed by atoms with Crippen LogP contribution in [0.25, 0.3) is 0 Å². The highest BCUT2D eigenvalue weighted by molar-refractivity contribution is 9.10. The SMILES string of the molecule is CNc1ccc(F)c(Cl)c1.Cn1nc(Br)c(C2(O)CC3CC(c4nn(C)c(N)c4C=O)CC3C2)n1. The summed E-state index contributed by atoms with van der Waals surface area (Å²) in [6, 6.07) is 4.49. The predicted molar refractivity (Wildman–Crippen MR) is 135 cm³/mol. The largest absolute Gasteiger partial charge is 0.388 e. The van der Waals surface area contributed by atoms with Crippen molar-refractivity contribution in [2.24, 2.45) is 25.9 Å². The van der Waals surface area contributed by atoms with Gasteiger partial charge in [-0.05, 0) is 71.6 Å². The fraction of sp³-hybridized carbons (Fsp3) is 0.478. The van der Waals surface area contributed by atoms with Crippen molar-refractivity contribution in [1.82, 2.24) is 24.8 Å². The molecule has 1 aromatic carbocycles. The third-order valence-electron chi connectivity index (χ3n) is 7.03. The molecule has 35 heavy (non-hydrogen) atoms. The van der Waals surface area contributed by atoms with Crippen molar-refractivity contribution in [3.05, 3.63) is 50.6 Å². The predicted octanol–water partition coefficient (Wildman–Crippen LogP) is 4.02. The second kappa shape index (κ2) is 9.87. The van der Waals surface area contributed by atoms with Crippen molar-refractivity contribution < 1.29 is 14.3 Å². The molecule has 2 atom stereocenters. The van der Waals surface area contributed by atoms with Crippen molar-refractivity contribution in [2.45, 2.75) is 37.2 Å². The smallest absolute Gasteiger partial charge is 0.155 e. The summed E-state index contributed by atoms with van der Waals surface area (Å²) in [5, 5.41) is 27.1. The van der Waals surface area contributed by atoms with Crippen LogP contribution >= 0.6 is 27.5 Å². The molecule has 9 nitrogen and oxygen atoms in total. The van der Waals surface area contributed by atoms with Crippen molar-refractivity contribution in [3.63, 3.8) is 0 Å². The quantitative estimate of drug-likeness (QED) is 0.406. The van der Waals surface area contributed by atoms with Crippen molar-refractivity contribution >= 4 is 45.3 Å². The summed E-state index contributed by atoms with van der Waals surface area (Å²) in [5.41, 5.74) is 7.75. The number of anilines is 2. The summed E-state index contributed by atoms with van der Waals surface area (Å²) >= 11 is 8.88. The molecular weight excluding hydrogens is 541 g/mol. The van der Waals surface area contributed by atoms with Gasteiger partial charge in [0.05, 0.1) is 16.3 Å². The average molecular weight is 569 g/mol. The number of fused-ring (bicyclic) bond motifs is 1. The number of nitrogens with two attached hydrogens (primary N) is 1. The van der Waals surface area contributed by atoms with E-state index in [2.05, 4.69) is 36.5 Å². The Bertz CT molecular complexity index is 1230. The maximum Gasteiger partial charge on any atom is 0.155 e. The van der Waals surface area contributed by atoms with E-state index in [4.69, 9.17) is 17.3 Å². The number of aliphatic hydroxyl groups is 1. The number of nitrogens with one attached hydrogen (secondary N) is 1. The fourth-order valence-electron chi connectivity index (χ4n) is 5.40. The molecule has 2 saturated carbocycles. The summed E-state index contributed by atoms with van der Waals surface area (Å²) in [7, 11) is 5.26. The second-order valence-electron chi connectivity index (χ2n) is 9.26. The zero-order chi connectivity index (χ0) is 25.5. The van der Waals surface area contributed by atoms with Gasteiger partial charge >= 0.3 is 0 Å². The maximum absolute atomic E-state index is 12.5. The highest BCUT2D eigenvalue weighted by Crippen LogP contribution is 2.57. The summed E-state index contributed by atoms with van der Waals surface area (Å²) in [6.07, 6.45) is 3.93. The molecule has 2 aromatic heterocycles. The van der Waals surface area contributed by atoms with Gasteiger partial charge in [0.15, 0.2) is 10.9 Å². The van der Waals surface area contributed by atoms with Gasteiger partial charge in [0.1, 0.15) is 22.9 Å². The third-order valence-corrected chi connectivity index (χ3v) is 7.85.